The number of allylic oxidation sites excluding steroid dienone is 2. The SMILES string of the molecule is CNC(=O)C(CCC=O)N1Cc2c(cc(F)cc2C2CCN(CCCCCCCCCC3=N/C(=C(/C(C)=N)c4ccccc4)NC(N4CCN(CCO)CC4)=C3)CC2)C1=O. The molecule has 2 saturated heterocycles. The van der Waals surface area contributed by atoms with Crippen LogP contribution in [-0.2, 0) is 16.1 Å². The molecule has 2 aromatic carbocycles. The summed E-state index contributed by atoms with van der Waals surface area (Å²) in [6.07, 6.45) is 14.2. The number of benzene rings is 2. The number of unbranched alkanes of at least 4 members (excludes halogenated alkanes) is 6. The Balaban J connectivity index is 0.933. The highest BCUT2D eigenvalue weighted by Gasteiger charge is 2.39. The molecule has 2 fully saturated rings. The van der Waals surface area contributed by atoms with E-state index in [1.807, 2.05) is 37.3 Å². The molecule has 60 heavy (non-hydrogen) atoms. The van der Waals surface area contributed by atoms with Crippen LogP contribution in [0.5, 0.6) is 0 Å². The number of carbonyl (C=O) groups excluding carboxylic acids is 3. The molecule has 4 heterocycles. The summed E-state index contributed by atoms with van der Waals surface area (Å²) in [5.41, 5.74) is 5.39. The third kappa shape index (κ3) is 11.6. The number of aliphatic hydroxyl groups is 1. The number of carbonyl (C=O) groups is 3. The smallest absolute Gasteiger partial charge is 0.255 e. The summed E-state index contributed by atoms with van der Waals surface area (Å²) in [6.45, 7) is 9.43. The van der Waals surface area contributed by atoms with Gasteiger partial charge in [-0.15, -0.1) is 0 Å². The van der Waals surface area contributed by atoms with Crippen LogP contribution in [0.4, 0.5) is 4.39 Å². The molecule has 2 amide bonds. The monoisotopic (exact) mass is 825 g/mol. The number of aldehydes is 1. The highest BCUT2D eigenvalue weighted by atomic mass is 19.1. The van der Waals surface area contributed by atoms with E-state index in [1.165, 1.54) is 43.7 Å². The largest absolute Gasteiger partial charge is 0.395 e. The first-order valence-electron chi connectivity index (χ1n) is 22.2. The van der Waals surface area contributed by atoms with E-state index in [1.54, 1.807) is 6.07 Å². The van der Waals surface area contributed by atoms with Crippen LogP contribution in [0.3, 0.4) is 0 Å². The van der Waals surface area contributed by atoms with Crippen molar-refractivity contribution < 1.29 is 23.9 Å². The minimum Gasteiger partial charge on any atom is -0.395 e. The molecule has 2 aromatic rings. The number of aliphatic hydroxyl groups excluding tert-OH is 1. The Morgan fingerprint density at radius 1 is 0.983 bits per heavy atom. The van der Waals surface area contributed by atoms with Gasteiger partial charge in [0.2, 0.25) is 5.91 Å². The van der Waals surface area contributed by atoms with Gasteiger partial charge in [-0.05, 0) is 99.8 Å². The number of rotatable bonds is 21. The number of β-amino-alcohol motifs (C(OH)–C–C–N with tert-alkyl or cyclic N) is 1. The summed E-state index contributed by atoms with van der Waals surface area (Å²) >= 11 is 0. The van der Waals surface area contributed by atoms with Crippen LogP contribution in [0.25, 0.3) is 5.57 Å². The average Bonchev–Trinajstić information content (AvgIpc) is 3.58. The van der Waals surface area contributed by atoms with Crippen LogP contribution in [-0.4, -0.2) is 126 Å². The molecular weight excluding hydrogens is 760 g/mol. The fourth-order valence-corrected chi connectivity index (χ4v) is 9.28. The Morgan fingerprint density at radius 3 is 2.33 bits per heavy atom. The summed E-state index contributed by atoms with van der Waals surface area (Å²) in [5.74, 6) is 0.861. The van der Waals surface area contributed by atoms with Crippen molar-refractivity contribution in [3.8, 4) is 0 Å². The quantitative estimate of drug-likeness (QED) is 0.0674. The van der Waals surface area contributed by atoms with E-state index in [9.17, 15) is 23.9 Å². The number of aliphatic imine (C=N–C) groups is 1. The van der Waals surface area contributed by atoms with Crippen LogP contribution in [0, 0.1) is 11.2 Å². The van der Waals surface area contributed by atoms with Gasteiger partial charge in [-0.2, -0.15) is 0 Å². The van der Waals surface area contributed by atoms with Crippen LogP contribution in [0.15, 0.2) is 65.2 Å². The molecule has 0 radical (unpaired) electrons. The van der Waals surface area contributed by atoms with E-state index in [2.05, 4.69) is 31.4 Å². The molecule has 4 aliphatic rings. The molecule has 0 spiro atoms. The van der Waals surface area contributed by atoms with E-state index < -0.39 is 11.9 Å². The average molecular weight is 825 g/mol. The predicted octanol–water partition coefficient (Wildman–Crippen LogP) is 6.08. The lowest BCUT2D eigenvalue weighted by atomic mass is 9.85. The lowest BCUT2D eigenvalue weighted by Crippen LogP contribution is -2.49. The number of likely N-dealkylation sites (tertiary alicyclic amines) is 1. The molecule has 4 aliphatic heterocycles. The van der Waals surface area contributed by atoms with Gasteiger partial charge >= 0.3 is 0 Å². The maximum absolute atomic E-state index is 14.9. The maximum atomic E-state index is 14.9. The zero-order chi connectivity index (χ0) is 42.4. The van der Waals surface area contributed by atoms with Gasteiger partial charge in [0.15, 0.2) is 0 Å². The molecule has 0 aliphatic carbocycles. The number of hydrogen-bond donors (Lipinski definition) is 4. The second-order valence-electron chi connectivity index (χ2n) is 16.7. The molecular formula is C47H65FN8O4. The van der Waals surface area contributed by atoms with Crippen molar-refractivity contribution >= 4 is 35.1 Å². The highest BCUT2D eigenvalue weighted by Crippen LogP contribution is 2.37. The third-order valence-electron chi connectivity index (χ3n) is 12.6. The Kier molecular flexibility index (Phi) is 16.6. The molecule has 1 atom stereocenters. The summed E-state index contributed by atoms with van der Waals surface area (Å²) in [6, 6.07) is 12.2. The van der Waals surface area contributed by atoms with Gasteiger partial charge in [0.05, 0.1) is 6.61 Å². The van der Waals surface area contributed by atoms with E-state index in [-0.39, 0.29) is 43.7 Å². The maximum Gasteiger partial charge on any atom is 0.255 e. The molecule has 6 rings (SSSR count). The molecule has 4 N–H and O–H groups in total. The zero-order valence-electron chi connectivity index (χ0n) is 35.7. The van der Waals surface area contributed by atoms with Crippen molar-refractivity contribution in [1.29, 1.82) is 5.41 Å². The van der Waals surface area contributed by atoms with Crippen LogP contribution < -0.4 is 10.6 Å². The summed E-state index contributed by atoms with van der Waals surface area (Å²) < 4.78 is 14.9. The second-order valence-corrected chi connectivity index (χ2v) is 16.7. The van der Waals surface area contributed by atoms with Gasteiger partial charge in [-0.1, -0.05) is 62.4 Å². The number of fused-ring (bicyclic) bond motifs is 1. The Labute approximate surface area is 355 Å². The fraction of sp³-hybridized carbons (Fsp3) is 0.553. The normalized spacial score (nSPS) is 19.0. The Morgan fingerprint density at radius 2 is 1.67 bits per heavy atom. The van der Waals surface area contributed by atoms with Gasteiger partial charge in [0.1, 0.15) is 29.8 Å². The summed E-state index contributed by atoms with van der Waals surface area (Å²) in [7, 11) is 1.52. The fourth-order valence-electron chi connectivity index (χ4n) is 9.28. The summed E-state index contributed by atoms with van der Waals surface area (Å²) in [5, 5.41) is 24.3. The highest BCUT2D eigenvalue weighted by molar-refractivity contribution is 6.22. The minimum absolute atomic E-state index is 0.159. The lowest BCUT2D eigenvalue weighted by Gasteiger charge is -2.38. The van der Waals surface area contributed by atoms with Gasteiger partial charge in [-0.25, -0.2) is 9.38 Å². The van der Waals surface area contributed by atoms with E-state index in [0.717, 1.165) is 130 Å². The third-order valence-corrected chi connectivity index (χ3v) is 12.6. The molecule has 0 bridgehead atoms. The first-order valence-corrected chi connectivity index (χ1v) is 22.2. The minimum atomic E-state index is -0.766. The standard InChI is InChI=1S/C47H65FN8O4/c1-34(49)44(36-14-9-8-10-15-36)45-51-38(32-43(52-45)55-25-23-54(24-26-55)27-29-58)16-11-6-4-3-5-7-12-20-53-21-18-35(19-22-53)39-30-37(48)31-40-41(39)33-56(47(40)60)42(17-13-28-57)46(59)50-2/h8-10,14-15,28,30-32,35,42,49,52,58H,3-7,11-13,16-27,29,33H2,1-2H3,(H,50,59)/b45-44+,49-34?. The van der Waals surface area contributed by atoms with E-state index in [0.29, 0.717) is 17.8 Å². The molecule has 13 heteroatoms. The van der Waals surface area contributed by atoms with Gasteiger partial charge in [0.25, 0.3) is 5.91 Å². The Bertz CT molecular complexity index is 1900. The Hall–Kier alpha value is -4.72. The number of nitrogens with one attached hydrogen (secondary N) is 3. The topological polar surface area (TPSA) is 145 Å². The number of likely N-dealkylation sites (N-methyl/N-ethyl adjacent to an activating group) is 1. The number of hydrogen-bond acceptors (Lipinski definition) is 10. The van der Waals surface area contributed by atoms with Gasteiger partial charge < -0.3 is 40.6 Å². The first kappa shape index (κ1) is 44.8. The van der Waals surface area contributed by atoms with Crippen LogP contribution >= 0.6 is 0 Å². The number of piperidine rings is 1. The van der Waals surface area contributed by atoms with Crippen LogP contribution in [0.1, 0.15) is 117 Å². The van der Waals surface area contributed by atoms with E-state index >= 15 is 0 Å². The van der Waals surface area contributed by atoms with Crippen molar-refractivity contribution in [3.63, 3.8) is 0 Å². The molecule has 0 aromatic heterocycles. The van der Waals surface area contributed by atoms with Gasteiger partial charge in [0, 0.05) is 81.4 Å². The second kappa shape index (κ2) is 22.2. The number of piperazine rings is 1. The first-order chi connectivity index (χ1) is 29.2. The van der Waals surface area contributed by atoms with Crippen molar-refractivity contribution in [2.24, 2.45) is 4.99 Å². The number of nitrogens with zero attached hydrogens (tertiary/aromatic N) is 5. The predicted molar refractivity (Wildman–Crippen MR) is 235 cm³/mol. The molecule has 0 saturated carbocycles. The molecule has 1 unspecified atom stereocenters. The lowest BCUT2D eigenvalue weighted by molar-refractivity contribution is -0.125. The number of halogens is 1. The summed E-state index contributed by atoms with van der Waals surface area (Å²) in [4.78, 5) is 50.9. The van der Waals surface area contributed by atoms with Crippen LogP contribution in [0.2, 0.25) is 0 Å². The van der Waals surface area contributed by atoms with Crippen molar-refractivity contribution in [2.45, 2.75) is 102 Å². The van der Waals surface area contributed by atoms with Crippen molar-refractivity contribution in [3.05, 3.63) is 88.3 Å². The zero-order valence-corrected chi connectivity index (χ0v) is 35.7. The van der Waals surface area contributed by atoms with Crippen molar-refractivity contribution in [1.82, 2.24) is 30.2 Å². The van der Waals surface area contributed by atoms with Gasteiger partial charge in [-0.3, -0.25) is 14.5 Å². The molecule has 12 nitrogen and oxygen atoms in total. The number of amides is 2. The van der Waals surface area contributed by atoms with E-state index in [4.69, 9.17) is 10.4 Å². The van der Waals surface area contributed by atoms with Crippen molar-refractivity contribution in [2.75, 3.05) is 66.0 Å². The molecule has 324 valence electrons.